The van der Waals surface area contributed by atoms with Crippen LogP contribution in [-0.4, -0.2) is 27.7 Å². The molecule has 0 unspecified atom stereocenters. The van der Waals surface area contributed by atoms with Crippen molar-refractivity contribution in [3.63, 3.8) is 0 Å². The minimum Gasteiger partial charge on any atom is -0.381 e. The van der Waals surface area contributed by atoms with Crippen LogP contribution in [0.4, 0.5) is 3.89 Å². The first kappa shape index (κ1) is 17.1. The molecule has 3 rings (SSSR count). The van der Waals surface area contributed by atoms with Crippen LogP contribution in [0.5, 0.6) is 0 Å². The summed E-state index contributed by atoms with van der Waals surface area (Å²) in [7, 11) is -4.75. The minimum absolute atomic E-state index is 0.292. The zero-order valence-electron chi connectivity index (χ0n) is 13.2. The van der Waals surface area contributed by atoms with Crippen molar-refractivity contribution in [1.29, 1.82) is 0 Å². The van der Waals surface area contributed by atoms with Crippen LogP contribution in [0.1, 0.15) is 18.4 Å². The standard InChI is InChI=1S/C18H20FNO3S/c19-24(21,22)18-7-2-1-6-17(18)15-5-3-4-14(12-15)13-20-16-8-10-23-11-9-16/h1-7,12,16,20H,8-11,13H2. The van der Waals surface area contributed by atoms with E-state index in [9.17, 15) is 12.3 Å². The van der Waals surface area contributed by atoms with Crippen molar-refractivity contribution >= 4 is 10.2 Å². The molecular weight excluding hydrogens is 329 g/mol. The predicted octanol–water partition coefficient (Wildman–Crippen LogP) is 3.28. The van der Waals surface area contributed by atoms with E-state index in [4.69, 9.17) is 4.74 Å². The molecular formula is C18H20FNO3S. The van der Waals surface area contributed by atoms with Gasteiger partial charge in [-0.1, -0.05) is 36.4 Å². The average Bonchev–Trinajstić information content (AvgIpc) is 2.60. The summed E-state index contributed by atoms with van der Waals surface area (Å²) in [5.41, 5.74) is 2.11. The lowest BCUT2D eigenvalue weighted by molar-refractivity contribution is 0.0776. The zero-order chi connectivity index (χ0) is 17.0. The number of nitrogens with one attached hydrogen (secondary N) is 1. The Morgan fingerprint density at radius 1 is 1.08 bits per heavy atom. The molecule has 1 aliphatic rings. The van der Waals surface area contributed by atoms with Gasteiger partial charge in [0.1, 0.15) is 4.90 Å². The maximum Gasteiger partial charge on any atom is 0.332 e. The van der Waals surface area contributed by atoms with Gasteiger partial charge in [-0.2, -0.15) is 8.42 Å². The second kappa shape index (κ2) is 7.42. The number of hydrogen-bond acceptors (Lipinski definition) is 4. The smallest absolute Gasteiger partial charge is 0.332 e. The van der Waals surface area contributed by atoms with Crippen molar-refractivity contribution in [2.24, 2.45) is 0 Å². The van der Waals surface area contributed by atoms with Gasteiger partial charge in [0.15, 0.2) is 0 Å². The van der Waals surface area contributed by atoms with Crippen molar-refractivity contribution in [1.82, 2.24) is 5.32 Å². The summed E-state index contributed by atoms with van der Waals surface area (Å²) in [6, 6.07) is 14.1. The first-order chi connectivity index (χ1) is 11.5. The van der Waals surface area contributed by atoms with Crippen LogP contribution in [0.2, 0.25) is 0 Å². The third-order valence-electron chi connectivity index (χ3n) is 4.20. The summed E-state index contributed by atoms with van der Waals surface area (Å²) in [5, 5.41) is 3.49. The van der Waals surface area contributed by atoms with E-state index in [1.165, 1.54) is 12.1 Å². The lowest BCUT2D eigenvalue weighted by Gasteiger charge is -2.23. The summed E-state index contributed by atoms with van der Waals surface area (Å²) in [6.45, 7) is 2.24. The summed E-state index contributed by atoms with van der Waals surface area (Å²) in [4.78, 5) is -0.292. The topological polar surface area (TPSA) is 55.4 Å². The van der Waals surface area contributed by atoms with Gasteiger partial charge < -0.3 is 10.1 Å². The molecule has 128 valence electrons. The molecule has 0 spiro atoms. The second-order valence-electron chi connectivity index (χ2n) is 5.90. The lowest BCUT2D eigenvalue weighted by Crippen LogP contribution is -2.34. The largest absolute Gasteiger partial charge is 0.381 e. The summed E-state index contributed by atoms with van der Waals surface area (Å²) >= 11 is 0. The number of benzene rings is 2. The molecule has 6 heteroatoms. The van der Waals surface area contributed by atoms with Crippen molar-refractivity contribution in [2.45, 2.75) is 30.3 Å². The molecule has 2 aromatic carbocycles. The van der Waals surface area contributed by atoms with E-state index in [1.54, 1.807) is 18.2 Å². The molecule has 4 nitrogen and oxygen atoms in total. The van der Waals surface area contributed by atoms with Crippen LogP contribution >= 0.6 is 0 Å². The number of rotatable bonds is 5. The quantitative estimate of drug-likeness (QED) is 0.842. The van der Waals surface area contributed by atoms with Gasteiger partial charge in [0, 0.05) is 31.4 Å². The van der Waals surface area contributed by atoms with Gasteiger partial charge in [-0.25, -0.2) is 0 Å². The molecule has 0 aliphatic carbocycles. The normalized spacial score (nSPS) is 16.2. The van der Waals surface area contributed by atoms with Crippen molar-refractivity contribution in [3.05, 3.63) is 54.1 Å². The Bertz CT molecular complexity index is 801. The van der Waals surface area contributed by atoms with E-state index in [2.05, 4.69) is 5.32 Å². The highest BCUT2D eigenvalue weighted by molar-refractivity contribution is 7.86. The molecule has 1 aliphatic heterocycles. The molecule has 1 heterocycles. The molecule has 0 aromatic heterocycles. The second-order valence-corrected chi connectivity index (χ2v) is 7.22. The number of ether oxygens (including phenoxy) is 1. The maximum absolute atomic E-state index is 13.5. The molecule has 0 radical (unpaired) electrons. The van der Waals surface area contributed by atoms with E-state index in [1.807, 2.05) is 18.2 Å². The van der Waals surface area contributed by atoms with Crippen LogP contribution in [0.15, 0.2) is 53.4 Å². The van der Waals surface area contributed by atoms with Gasteiger partial charge >= 0.3 is 10.2 Å². The first-order valence-corrected chi connectivity index (χ1v) is 9.36. The minimum atomic E-state index is -4.75. The summed E-state index contributed by atoms with van der Waals surface area (Å²) in [5.74, 6) is 0. The van der Waals surface area contributed by atoms with E-state index in [-0.39, 0.29) is 4.90 Å². The Balaban J connectivity index is 1.81. The van der Waals surface area contributed by atoms with Gasteiger partial charge in [-0.05, 0) is 36.1 Å². The molecule has 24 heavy (non-hydrogen) atoms. The van der Waals surface area contributed by atoms with E-state index in [0.717, 1.165) is 31.6 Å². The molecule has 1 saturated heterocycles. The molecule has 1 N–H and O–H groups in total. The van der Waals surface area contributed by atoms with Crippen LogP contribution < -0.4 is 5.32 Å². The zero-order valence-corrected chi connectivity index (χ0v) is 14.1. The molecule has 0 saturated carbocycles. The van der Waals surface area contributed by atoms with Crippen molar-refractivity contribution in [3.8, 4) is 11.1 Å². The number of hydrogen-bond donors (Lipinski definition) is 1. The Morgan fingerprint density at radius 3 is 2.58 bits per heavy atom. The van der Waals surface area contributed by atoms with E-state index < -0.39 is 10.2 Å². The van der Waals surface area contributed by atoms with Gasteiger partial charge in [0.2, 0.25) is 0 Å². The Kier molecular flexibility index (Phi) is 5.28. The fourth-order valence-corrected chi connectivity index (χ4v) is 3.62. The van der Waals surface area contributed by atoms with E-state index >= 15 is 0 Å². The van der Waals surface area contributed by atoms with Gasteiger partial charge in [0.25, 0.3) is 0 Å². The third-order valence-corrected chi connectivity index (χ3v) is 5.09. The average molecular weight is 349 g/mol. The highest BCUT2D eigenvalue weighted by atomic mass is 32.3. The van der Waals surface area contributed by atoms with Crippen LogP contribution in [0.3, 0.4) is 0 Å². The Morgan fingerprint density at radius 2 is 1.83 bits per heavy atom. The van der Waals surface area contributed by atoms with Crippen molar-refractivity contribution in [2.75, 3.05) is 13.2 Å². The first-order valence-electron chi connectivity index (χ1n) is 7.98. The SMILES string of the molecule is O=S(=O)(F)c1ccccc1-c1cccc(CNC2CCOCC2)c1. The summed E-state index contributed by atoms with van der Waals surface area (Å²) in [6.07, 6.45) is 1.98. The Hall–Kier alpha value is -1.76. The fraction of sp³-hybridized carbons (Fsp3) is 0.333. The molecule has 0 atom stereocenters. The Labute approximate surface area is 141 Å². The van der Waals surface area contributed by atoms with Crippen molar-refractivity contribution < 1.29 is 17.0 Å². The van der Waals surface area contributed by atoms with Gasteiger partial charge in [-0.3, -0.25) is 0 Å². The lowest BCUT2D eigenvalue weighted by atomic mass is 10.0. The molecule has 1 fully saturated rings. The van der Waals surface area contributed by atoms with Gasteiger partial charge in [0.05, 0.1) is 0 Å². The third kappa shape index (κ3) is 4.20. The molecule has 0 amide bonds. The van der Waals surface area contributed by atoms with Crippen LogP contribution in [0, 0.1) is 0 Å². The molecule has 0 bridgehead atoms. The maximum atomic E-state index is 13.5. The summed E-state index contributed by atoms with van der Waals surface area (Å²) < 4.78 is 41.6. The fourth-order valence-electron chi connectivity index (χ4n) is 2.93. The van der Waals surface area contributed by atoms with Crippen LogP contribution in [-0.2, 0) is 21.5 Å². The predicted molar refractivity (Wildman–Crippen MR) is 90.9 cm³/mol. The molecule has 2 aromatic rings. The number of halogens is 1. The van der Waals surface area contributed by atoms with Crippen LogP contribution in [0.25, 0.3) is 11.1 Å². The van der Waals surface area contributed by atoms with Gasteiger partial charge in [-0.15, -0.1) is 3.89 Å². The monoisotopic (exact) mass is 349 g/mol. The highest BCUT2D eigenvalue weighted by Gasteiger charge is 2.18. The highest BCUT2D eigenvalue weighted by Crippen LogP contribution is 2.29. The van der Waals surface area contributed by atoms with E-state index in [0.29, 0.717) is 23.7 Å².